The Morgan fingerprint density at radius 3 is 1.29 bits per heavy atom. The van der Waals surface area contributed by atoms with Gasteiger partial charge in [0.15, 0.2) is 11.5 Å². The second kappa shape index (κ2) is 9.32. The topological polar surface area (TPSA) is 38.7 Å². The summed E-state index contributed by atoms with van der Waals surface area (Å²) >= 11 is 0. The second-order valence-electron chi connectivity index (χ2n) is 9.30. The fourth-order valence-corrected chi connectivity index (χ4v) is 7.46. The Morgan fingerprint density at radius 2 is 0.935 bits per heavy atom. The Kier molecular flexibility index (Phi) is 6.97. The van der Waals surface area contributed by atoms with Crippen LogP contribution in [0.4, 0.5) is 0 Å². The van der Waals surface area contributed by atoms with Crippen LogP contribution in [0.25, 0.3) is 0 Å². The minimum atomic E-state index is -1.88. The van der Waals surface area contributed by atoms with Crippen LogP contribution in [-0.2, 0) is 0 Å². The van der Waals surface area contributed by atoms with E-state index >= 15 is 0 Å². The maximum Gasteiger partial charge on any atom is 0.200 e. The number of hydrogen-bond acceptors (Lipinski definition) is 3. The number of rotatable bonds is 8. The Morgan fingerprint density at radius 1 is 0.581 bits per heavy atom. The Bertz CT molecular complexity index is 910. The van der Waals surface area contributed by atoms with Crippen molar-refractivity contribution in [3.63, 3.8) is 0 Å². The molecular formula is C26H34O3Si2. The van der Waals surface area contributed by atoms with Gasteiger partial charge in [-0.2, -0.15) is 0 Å². The summed E-state index contributed by atoms with van der Waals surface area (Å²) in [6.07, 6.45) is 0. The number of benzene rings is 3. The van der Waals surface area contributed by atoms with Gasteiger partial charge in [-0.1, -0.05) is 103 Å². The average Bonchev–Trinajstić information content (AvgIpc) is 2.77. The first-order chi connectivity index (χ1) is 14.6. The molecule has 0 aliphatic carbocycles. The maximum atomic E-state index is 10.9. The number of ether oxygens (including phenoxy) is 2. The molecule has 2 atom stereocenters. The summed E-state index contributed by atoms with van der Waals surface area (Å²) in [5.41, 5.74) is -0.0211. The molecule has 3 nitrogen and oxygen atoms in total. The number of phenolic OH excluding ortho intramolecular Hbond substituents is 1. The molecule has 0 saturated carbocycles. The molecule has 0 fully saturated rings. The van der Waals surface area contributed by atoms with Crippen LogP contribution in [0.2, 0.25) is 26.2 Å². The highest BCUT2D eigenvalue weighted by atomic mass is 28.3. The van der Waals surface area contributed by atoms with Crippen LogP contribution in [0.5, 0.6) is 17.2 Å². The minimum Gasteiger partial charge on any atom is -0.502 e. The molecular weight excluding hydrogens is 416 g/mol. The molecule has 0 aliphatic rings. The summed E-state index contributed by atoms with van der Waals surface area (Å²) in [6.45, 7) is 13.4. The van der Waals surface area contributed by atoms with E-state index in [2.05, 4.69) is 88.6 Å². The molecule has 0 amide bonds. The molecule has 5 heteroatoms. The maximum absolute atomic E-state index is 10.9. The Balaban J connectivity index is 1.79. The number of aromatic hydroxyl groups is 1. The predicted molar refractivity (Wildman–Crippen MR) is 135 cm³/mol. The van der Waals surface area contributed by atoms with E-state index in [1.807, 2.05) is 30.3 Å². The van der Waals surface area contributed by atoms with E-state index in [1.165, 1.54) is 10.4 Å². The highest BCUT2D eigenvalue weighted by molar-refractivity contribution is 6.91. The monoisotopic (exact) mass is 450 g/mol. The van der Waals surface area contributed by atoms with Crippen molar-refractivity contribution in [3.05, 3.63) is 78.9 Å². The third-order valence-electron chi connectivity index (χ3n) is 6.64. The molecule has 0 aliphatic heterocycles. The third-order valence-corrected chi connectivity index (χ3v) is 14.6. The van der Waals surface area contributed by atoms with Crippen LogP contribution >= 0.6 is 0 Å². The predicted octanol–water partition coefficient (Wildman–Crippen LogP) is 5.24. The van der Waals surface area contributed by atoms with Crippen LogP contribution in [0, 0.1) is 0 Å². The molecule has 3 aromatic rings. The average molecular weight is 451 g/mol. The number of para-hydroxylation sites is 1. The van der Waals surface area contributed by atoms with Crippen LogP contribution in [0.1, 0.15) is 13.8 Å². The van der Waals surface area contributed by atoms with Crippen molar-refractivity contribution in [1.29, 1.82) is 0 Å². The van der Waals surface area contributed by atoms with Crippen molar-refractivity contribution in [2.24, 2.45) is 0 Å². The smallest absolute Gasteiger partial charge is 0.200 e. The van der Waals surface area contributed by atoms with E-state index in [4.69, 9.17) is 9.47 Å². The van der Waals surface area contributed by atoms with Crippen LogP contribution < -0.4 is 19.8 Å². The summed E-state index contributed by atoms with van der Waals surface area (Å²) in [5.74, 6) is 1.04. The molecule has 31 heavy (non-hydrogen) atoms. The van der Waals surface area contributed by atoms with E-state index in [9.17, 15) is 5.11 Å². The second-order valence-corrected chi connectivity index (χ2v) is 19.0. The molecule has 0 heterocycles. The lowest BCUT2D eigenvalue weighted by Gasteiger charge is -2.32. The van der Waals surface area contributed by atoms with E-state index in [0.29, 0.717) is 11.5 Å². The molecule has 164 valence electrons. The lowest BCUT2D eigenvalue weighted by molar-refractivity contribution is 0.251. The molecule has 0 spiro atoms. The van der Waals surface area contributed by atoms with E-state index in [1.54, 1.807) is 0 Å². The summed E-state index contributed by atoms with van der Waals surface area (Å²) < 4.78 is 12.6. The van der Waals surface area contributed by atoms with Gasteiger partial charge < -0.3 is 14.6 Å². The van der Waals surface area contributed by atoms with Gasteiger partial charge in [-0.3, -0.25) is 0 Å². The fourth-order valence-electron chi connectivity index (χ4n) is 3.57. The van der Waals surface area contributed by atoms with Crippen LogP contribution in [-0.4, -0.2) is 32.7 Å². The van der Waals surface area contributed by atoms with Gasteiger partial charge in [0, 0.05) is 0 Å². The molecule has 2 unspecified atom stereocenters. The zero-order chi connectivity index (χ0) is 22.6. The third kappa shape index (κ3) is 5.05. The van der Waals surface area contributed by atoms with E-state index in [0.717, 1.165) is 0 Å². The molecule has 3 rings (SSSR count). The highest BCUT2D eigenvalue weighted by Crippen LogP contribution is 2.38. The highest BCUT2D eigenvalue weighted by Gasteiger charge is 2.35. The first kappa shape index (κ1) is 23.2. The Labute approximate surface area is 188 Å². The van der Waals surface area contributed by atoms with Crippen molar-refractivity contribution in [2.45, 2.75) is 51.5 Å². The standard InChI is InChI=1S/C26H34O3Si2/c1-20(30(3,4)22-14-9-7-10-15-22)28-24-18-13-19-25(26(24)27)29-21(2)31(5,6)23-16-11-8-12-17-23/h7-21,27H,1-6H3. The largest absolute Gasteiger partial charge is 0.502 e. The van der Waals surface area contributed by atoms with Crippen LogP contribution in [0.15, 0.2) is 78.9 Å². The summed E-state index contributed by atoms with van der Waals surface area (Å²) in [6, 6.07) is 26.6. The molecule has 0 bridgehead atoms. The SMILES string of the molecule is CC(Oc1cccc(OC(C)[Si](C)(C)c2ccccc2)c1O)[Si](C)(C)c1ccccc1. The van der Waals surface area contributed by atoms with E-state index in [-0.39, 0.29) is 17.2 Å². The lowest BCUT2D eigenvalue weighted by atomic mass is 10.3. The van der Waals surface area contributed by atoms with Crippen molar-refractivity contribution >= 4 is 26.5 Å². The zero-order valence-corrected chi connectivity index (χ0v) is 21.4. The number of hydrogen-bond donors (Lipinski definition) is 1. The van der Waals surface area contributed by atoms with Gasteiger partial charge in [0.1, 0.15) is 16.1 Å². The fraction of sp³-hybridized carbons (Fsp3) is 0.308. The quantitative estimate of drug-likeness (QED) is 0.477. The Hall–Kier alpha value is -2.51. The van der Waals surface area contributed by atoms with Gasteiger partial charge >= 0.3 is 0 Å². The lowest BCUT2D eigenvalue weighted by Crippen LogP contribution is -2.54. The van der Waals surface area contributed by atoms with Gasteiger partial charge in [-0.15, -0.1) is 0 Å². The summed E-state index contributed by atoms with van der Waals surface area (Å²) in [5, 5.41) is 13.6. The van der Waals surface area contributed by atoms with E-state index < -0.39 is 16.1 Å². The van der Waals surface area contributed by atoms with Crippen molar-refractivity contribution in [2.75, 3.05) is 0 Å². The van der Waals surface area contributed by atoms with Gasteiger partial charge in [0.2, 0.25) is 5.75 Å². The summed E-state index contributed by atoms with van der Waals surface area (Å²) in [4.78, 5) is 0. The molecule has 3 aromatic carbocycles. The molecule has 0 aromatic heterocycles. The van der Waals surface area contributed by atoms with Crippen LogP contribution in [0.3, 0.4) is 0 Å². The summed E-state index contributed by atoms with van der Waals surface area (Å²) in [7, 11) is -3.76. The minimum absolute atomic E-state index is 0.0105. The van der Waals surface area contributed by atoms with Gasteiger partial charge in [0.25, 0.3) is 0 Å². The van der Waals surface area contributed by atoms with Crippen molar-refractivity contribution < 1.29 is 14.6 Å². The van der Waals surface area contributed by atoms with Gasteiger partial charge in [-0.05, 0) is 26.0 Å². The van der Waals surface area contributed by atoms with Crippen molar-refractivity contribution in [3.8, 4) is 17.2 Å². The normalized spacial score (nSPS) is 14.0. The first-order valence-electron chi connectivity index (χ1n) is 10.9. The molecule has 0 radical (unpaired) electrons. The zero-order valence-electron chi connectivity index (χ0n) is 19.4. The van der Waals surface area contributed by atoms with Gasteiger partial charge in [0.05, 0.1) is 11.5 Å². The van der Waals surface area contributed by atoms with Crippen molar-refractivity contribution in [1.82, 2.24) is 0 Å². The number of phenols is 1. The molecule has 1 N–H and O–H groups in total. The first-order valence-corrected chi connectivity index (χ1v) is 17.1. The van der Waals surface area contributed by atoms with Gasteiger partial charge in [-0.25, -0.2) is 0 Å². The molecule has 0 saturated heterocycles.